The molecule has 0 bridgehead atoms. The van der Waals surface area contributed by atoms with Crippen LogP contribution in [0.4, 0.5) is 0 Å². The molecule has 16 heavy (non-hydrogen) atoms. The number of hydrogen-bond acceptors (Lipinski definition) is 2. The normalized spacial score (nSPS) is 18.4. The highest BCUT2D eigenvalue weighted by Crippen LogP contribution is 2.44. The molecule has 1 aliphatic rings. The van der Waals surface area contributed by atoms with Crippen LogP contribution >= 0.6 is 0 Å². The van der Waals surface area contributed by atoms with Crippen molar-refractivity contribution in [1.29, 1.82) is 0 Å². The van der Waals surface area contributed by atoms with Gasteiger partial charge in [0, 0.05) is 0 Å². The first-order valence-electron chi connectivity index (χ1n) is 6.83. The van der Waals surface area contributed by atoms with E-state index in [1.54, 1.807) is 0 Å². The lowest BCUT2D eigenvalue weighted by atomic mass is 9.68. The summed E-state index contributed by atoms with van der Waals surface area (Å²) in [5.41, 5.74) is 0.782. The fraction of sp³-hybridized carbons (Fsp3) is 1.00. The smallest absolute Gasteiger partial charge is 0.0297 e. The van der Waals surface area contributed by atoms with Crippen molar-refractivity contribution in [3.8, 4) is 0 Å². The topological polar surface area (TPSA) is 70.0 Å². The fourth-order valence-electron chi connectivity index (χ4n) is 3.03. The monoisotopic (exact) mass is 230 g/mol. The summed E-state index contributed by atoms with van der Waals surface area (Å²) in [4.78, 5) is 0. The third-order valence-corrected chi connectivity index (χ3v) is 4.04. The molecule has 0 radical (unpaired) electrons. The minimum atomic E-state index is 0. The van der Waals surface area contributed by atoms with E-state index in [1.807, 2.05) is 0 Å². The summed E-state index contributed by atoms with van der Waals surface area (Å²) < 4.78 is 0. The molecule has 0 saturated heterocycles. The van der Waals surface area contributed by atoms with Gasteiger partial charge in [-0.1, -0.05) is 58.8 Å². The Balaban J connectivity index is 0. The van der Waals surface area contributed by atoms with Crippen molar-refractivity contribution in [3.05, 3.63) is 0 Å². The fourth-order valence-corrected chi connectivity index (χ4v) is 3.03. The molecule has 0 atom stereocenters. The van der Waals surface area contributed by atoms with Crippen LogP contribution in [0.1, 0.15) is 84.5 Å². The summed E-state index contributed by atoms with van der Waals surface area (Å²) in [6, 6.07) is 0. The van der Waals surface area contributed by atoms with Crippen molar-refractivity contribution in [1.82, 2.24) is 12.3 Å². The largest absolute Gasteiger partial charge is 0.344 e. The molecule has 6 N–H and O–H groups in total. The third-order valence-electron chi connectivity index (χ3n) is 4.04. The van der Waals surface area contributed by atoms with Gasteiger partial charge in [0.1, 0.15) is 0 Å². The minimum Gasteiger partial charge on any atom is -0.344 e. The Hall–Kier alpha value is -0.0800. The molecule has 1 saturated carbocycles. The van der Waals surface area contributed by atoms with Crippen LogP contribution in [-0.4, -0.2) is 0 Å². The molecule has 0 spiro atoms. The molecule has 1 aliphatic carbocycles. The van der Waals surface area contributed by atoms with E-state index in [4.69, 9.17) is 0 Å². The molecule has 0 aliphatic heterocycles. The van der Waals surface area contributed by atoms with Gasteiger partial charge in [0.25, 0.3) is 0 Å². The summed E-state index contributed by atoms with van der Waals surface area (Å²) in [5, 5.41) is 0. The maximum Gasteiger partial charge on any atom is -0.0297 e. The highest BCUT2D eigenvalue weighted by Gasteiger charge is 2.30. The third kappa shape index (κ3) is 5.86. The molecule has 0 aromatic carbocycles. The van der Waals surface area contributed by atoms with Gasteiger partial charge in [0.2, 0.25) is 0 Å². The number of unbranched alkanes of at least 4 members (excludes halogenated alkanes) is 2. The predicted molar refractivity (Wildman–Crippen MR) is 74.6 cm³/mol. The first kappa shape index (κ1) is 18.3. The predicted octanol–water partition coefficient (Wildman–Crippen LogP) is 5.64. The van der Waals surface area contributed by atoms with Gasteiger partial charge in [-0.05, 0) is 31.1 Å². The molecule has 0 aromatic rings. The Morgan fingerprint density at radius 1 is 0.750 bits per heavy atom. The number of hydrogen-bond donors (Lipinski definition) is 2. The van der Waals surface area contributed by atoms with Gasteiger partial charge in [-0.2, -0.15) is 0 Å². The van der Waals surface area contributed by atoms with Gasteiger partial charge >= 0.3 is 0 Å². The molecule has 1 rings (SSSR count). The van der Waals surface area contributed by atoms with Crippen LogP contribution in [0.5, 0.6) is 0 Å². The van der Waals surface area contributed by atoms with Crippen molar-refractivity contribution in [2.75, 3.05) is 0 Å². The van der Waals surface area contributed by atoms with Crippen LogP contribution in [0.2, 0.25) is 0 Å². The van der Waals surface area contributed by atoms with Crippen LogP contribution in [0, 0.1) is 5.41 Å². The Labute approximate surface area is 103 Å². The zero-order valence-electron chi connectivity index (χ0n) is 11.7. The Bertz CT molecular complexity index is 130. The lowest BCUT2D eigenvalue weighted by Gasteiger charge is -2.37. The maximum atomic E-state index is 2.33. The summed E-state index contributed by atoms with van der Waals surface area (Å²) in [6.45, 7) is 4.66. The molecule has 100 valence electrons. The van der Waals surface area contributed by atoms with Crippen LogP contribution in [0.15, 0.2) is 0 Å². The van der Waals surface area contributed by atoms with E-state index in [0.29, 0.717) is 0 Å². The standard InChI is InChI=1S/C14H28.2H3N/c1-3-5-10-14(11-6-4-2)12-8-7-9-13-14;;/h3-13H2,1-2H3;2*1H3. The molecule has 1 fully saturated rings. The molecule has 0 aromatic heterocycles. The second-order valence-corrected chi connectivity index (χ2v) is 5.27. The minimum absolute atomic E-state index is 0. The molecule has 0 amide bonds. The van der Waals surface area contributed by atoms with Gasteiger partial charge < -0.3 is 12.3 Å². The second kappa shape index (κ2) is 10.1. The average Bonchev–Trinajstić information content (AvgIpc) is 2.25. The average molecular weight is 230 g/mol. The van der Waals surface area contributed by atoms with Crippen LogP contribution in [0.25, 0.3) is 0 Å². The van der Waals surface area contributed by atoms with Crippen LogP contribution in [-0.2, 0) is 0 Å². The molecular weight excluding hydrogens is 196 g/mol. The van der Waals surface area contributed by atoms with Gasteiger partial charge in [-0.15, -0.1) is 0 Å². The summed E-state index contributed by atoms with van der Waals surface area (Å²) >= 11 is 0. The summed E-state index contributed by atoms with van der Waals surface area (Å²) in [5.74, 6) is 0. The Morgan fingerprint density at radius 3 is 1.56 bits per heavy atom. The molecule has 0 heterocycles. The molecule has 2 heteroatoms. The first-order chi connectivity index (χ1) is 6.83. The van der Waals surface area contributed by atoms with Crippen LogP contribution < -0.4 is 12.3 Å². The molecular formula is C14H34N2. The van der Waals surface area contributed by atoms with Gasteiger partial charge in [0.15, 0.2) is 0 Å². The van der Waals surface area contributed by atoms with E-state index >= 15 is 0 Å². The lowest BCUT2D eigenvalue weighted by molar-refractivity contribution is 0.149. The first-order valence-corrected chi connectivity index (χ1v) is 6.83. The van der Waals surface area contributed by atoms with Crippen molar-refractivity contribution in [2.45, 2.75) is 84.5 Å². The Kier molecular flexibility index (Phi) is 11.5. The lowest BCUT2D eigenvalue weighted by Crippen LogP contribution is -2.24. The van der Waals surface area contributed by atoms with Crippen molar-refractivity contribution < 1.29 is 0 Å². The highest BCUT2D eigenvalue weighted by molar-refractivity contribution is 4.82. The quantitative estimate of drug-likeness (QED) is 0.619. The van der Waals surface area contributed by atoms with E-state index in [1.165, 1.54) is 70.6 Å². The van der Waals surface area contributed by atoms with Crippen molar-refractivity contribution in [3.63, 3.8) is 0 Å². The van der Waals surface area contributed by atoms with E-state index in [-0.39, 0.29) is 12.3 Å². The van der Waals surface area contributed by atoms with Crippen molar-refractivity contribution in [2.24, 2.45) is 5.41 Å². The highest BCUT2D eigenvalue weighted by atomic mass is 14.4. The van der Waals surface area contributed by atoms with Crippen molar-refractivity contribution >= 4 is 0 Å². The molecule has 2 nitrogen and oxygen atoms in total. The molecule has 0 unspecified atom stereocenters. The van der Waals surface area contributed by atoms with Gasteiger partial charge in [-0.25, -0.2) is 0 Å². The second-order valence-electron chi connectivity index (χ2n) is 5.27. The summed E-state index contributed by atoms with van der Waals surface area (Å²) in [7, 11) is 0. The zero-order chi connectivity index (χ0) is 10.3. The van der Waals surface area contributed by atoms with Gasteiger partial charge in [0.05, 0.1) is 0 Å². The van der Waals surface area contributed by atoms with E-state index in [9.17, 15) is 0 Å². The maximum absolute atomic E-state index is 2.33. The SMILES string of the molecule is CCCCC1(CCCC)CCCCC1.N.N. The zero-order valence-corrected chi connectivity index (χ0v) is 11.7. The van der Waals surface area contributed by atoms with E-state index < -0.39 is 0 Å². The van der Waals surface area contributed by atoms with Gasteiger partial charge in [-0.3, -0.25) is 0 Å². The Morgan fingerprint density at radius 2 is 1.19 bits per heavy atom. The summed E-state index contributed by atoms with van der Waals surface area (Å²) in [6.07, 6.45) is 16.3. The van der Waals surface area contributed by atoms with E-state index in [2.05, 4.69) is 13.8 Å². The van der Waals surface area contributed by atoms with E-state index in [0.717, 1.165) is 5.41 Å². The van der Waals surface area contributed by atoms with Crippen LogP contribution in [0.3, 0.4) is 0 Å². The number of rotatable bonds is 6.